The van der Waals surface area contributed by atoms with Crippen molar-refractivity contribution < 1.29 is 14.3 Å². The van der Waals surface area contributed by atoms with Crippen LogP contribution in [0.5, 0.6) is 5.75 Å². The Hall–Kier alpha value is -3.40. The van der Waals surface area contributed by atoms with Crippen molar-refractivity contribution >= 4 is 45.6 Å². The number of benzene rings is 2. The minimum absolute atomic E-state index is 0.0870. The molecule has 216 valence electrons. The predicted molar refractivity (Wildman–Crippen MR) is 165 cm³/mol. The summed E-state index contributed by atoms with van der Waals surface area (Å²) < 4.78 is 5.27. The highest BCUT2D eigenvalue weighted by Gasteiger charge is 2.24. The summed E-state index contributed by atoms with van der Waals surface area (Å²) in [5.74, 6) is 0.722. The predicted octanol–water partition coefficient (Wildman–Crippen LogP) is 5.71. The number of piperidine rings is 1. The summed E-state index contributed by atoms with van der Waals surface area (Å²) in [6, 6.07) is 15.1. The second-order valence-corrected chi connectivity index (χ2v) is 11.9. The van der Waals surface area contributed by atoms with Gasteiger partial charge in [-0.1, -0.05) is 41.1 Å². The number of hydrogen-bond acceptors (Lipinski definition) is 7. The fourth-order valence-corrected chi connectivity index (χ4v) is 6.15. The number of ether oxygens (including phenoxy) is 1. The molecule has 2 aromatic carbocycles. The van der Waals surface area contributed by atoms with Crippen LogP contribution in [0.25, 0.3) is 0 Å². The van der Waals surface area contributed by atoms with Crippen LogP contribution in [0.15, 0.2) is 66.9 Å². The number of aromatic nitrogens is 1. The zero-order valence-corrected chi connectivity index (χ0v) is 24.9. The van der Waals surface area contributed by atoms with E-state index in [4.69, 9.17) is 16.3 Å². The van der Waals surface area contributed by atoms with E-state index in [1.54, 1.807) is 36.4 Å². The van der Waals surface area contributed by atoms with Crippen LogP contribution in [0, 0.1) is 0 Å². The quantitative estimate of drug-likeness (QED) is 0.304. The van der Waals surface area contributed by atoms with Gasteiger partial charge in [-0.15, -0.1) is 0 Å². The van der Waals surface area contributed by atoms with Crippen LogP contribution in [-0.2, 0) is 11.3 Å². The van der Waals surface area contributed by atoms with E-state index in [1.165, 1.54) is 24.2 Å². The zero-order valence-electron chi connectivity index (χ0n) is 23.3. The van der Waals surface area contributed by atoms with E-state index < -0.39 is 0 Å². The number of amides is 2. The van der Waals surface area contributed by atoms with Crippen LogP contribution in [-0.4, -0.2) is 72.5 Å². The average molecular weight is 594 g/mol. The van der Waals surface area contributed by atoms with Gasteiger partial charge in [0.25, 0.3) is 5.91 Å². The molecule has 0 aliphatic carbocycles. The molecular formula is C31H36ClN5O3S. The number of nitrogens with zero attached hydrogens (tertiary/aromatic N) is 4. The number of rotatable bonds is 10. The lowest BCUT2D eigenvalue weighted by Gasteiger charge is -2.31. The second kappa shape index (κ2) is 14.0. The smallest absolute Gasteiger partial charge is 0.270 e. The number of hydrogen-bond donors (Lipinski definition) is 1. The molecular weight excluding hydrogens is 558 g/mol. The summed E-state index contributed by atoms with van der Waals surface area (Å²) >= 11 is 7.47. The third-order valence-electron chi connectivity index (χ3n) is 7.56. The van der Waals surface area contributed by atoms with Crippen LogP contribution in [0.2, 0.25) is 5.02 Å². The maximum absolute atomic E-state index is 13.7. The first-order chi connectivity index (χ1) is 20.0. The molecule has 1 aromatic heterocycles. The third kappa shape index (κ3) is 7.87. The lowest BCUT2D eigenvalue weighted by Crippen LogP contribution is -2.41. The largest absolute Gasteiger partial charge is 0.497 e. The van der Waals surface area contributed by atoms with Crippen molar-refractivity contribution in [2.75, 3.05) is 50.1 Å². The Balaban J connectivity index is 1.18. The van der Waals surface area contributed by atoms with E-state index in [0.717, 1.165) is 49.5 Å². The molecule has 0 unspecified atom stereocenters. The number of methoxy groups -OCH3 is 1. The SMILES string of the molecule is COc1ccc(CN(C(=O)c2cnc(NC3CCN(C(=O)C=CCN4CCCC4)CC3)s2)c2ccc(Cl)cc2)cc1. The monoisotopic (exact) mass is 593 g/mol. The molecule has 0 radical (unpaired) electrons. The van der Waals surface area contributed by atoms with Gasteiger partial charge in [-0.3, -0.25) is 14.5 Å². The molecule has 10 heteroatoms. The molecule has 2 fully saturated rings. The van der Waals surface area contributed by atoms with Crippen LogP contribution < -0.4 is 15.0 Å². The highest BCUT2D eigenvalue weighted by Crippen LogP contribution is 2.28. The van der Waals surface area contributed by atoms with Crippen molar-refractivity contribution in [3.63, 3.8) is 0 Å². The minimum Gasteiger partial charge on any atom is -0.497 e. The number of carbonyl (C=O) groups excluding carboxylic acids is 2. The Morgan fingerprint density at radius 3 is 2.46 bits per heavy atom. The Labute approximate surface area is 250 Å². The van der Waals surface area contributed by atoms with Gasteiger partial charge < -0.3 is 19.9 Å². The molecule has 0 bridgehead atoms. The van der Waals surface area contributed by atoms with Crippen molar-refractivity contribution in [3.05, 3.63) is 82.3 Å². The second-order valence-electron chi connectivity index (χ2n) is 10.4. The Morgan fingerprint density at radius 2 is 1.78 bits per heavy atom. The summed E-state index contributed by atoms with van der Waals surface area (Å²) in [6.07, 6.45) is 9.53. The molecule has 3 heterocycles. The zero-order chi connectivity index (χ0) is 28.6. The number of carbonyl (C=O) groups is 2. The number of halogens is 1. The normalized spacial score (nSPS) is 16.3. The van der Waals surface area contributed by atoms with Crippen molar-refractivity contribution in [1.29, 1.82) is 0 Å². The van der Waals surface area contributed by atoms with Gasteiger partial charge >= 0.3 is 0 Å². The van der Waals surface area contributed by atoms with Crippen LogP contribution in [0.4, 0.5) is 10.8 Å². The summed E-state index contributed by atoms with van der Waals surface area (Å²) in [5.41, 5.74) is 1.73. The summed E-state index contributed by atoms with van der Waals surface area (Å²) in [6.45, 7) is 4.90. The lowest BCUT2D eigenvalue weighted by atomic mass is 10.1. The molecule has 41 heavy (non-hydrogen) atoms. The fourth-order valence-electron chi connectivity index (χ4n) is 5.18. The first kappa shape index (κ1) is 29.1. The fraction of sp³-hybridized carbons (Fsp3) is 0.387. The van der Waals surface area contributed by atoms with Crippen LogP contribution in [0.1, 0.15) is 40.9 Å². The summed E-state index contributed by atoms with van der Waals surface area (Å²) in [4.78, 5) is 37.4. The highest BCUT2D eigenvalue weighted by molar-refractivity contribution is 7.17. The molecule has 2 aliphatic heterocycles. The first-order valence-electron chi connectivity index (χ1n) is 14.1. The molecule has 1 N–H and O–H groups in total. The van der Waals surface area contributed by atoms with Crippen LogP contribution in [0.3, 0.4) is 0 Å². The Morgan fingerprint density at radius 1 is 1.07 bits per heavy atom. The molecule has 2 saturated heterocycles. The molecule has 2 amide bonds. The van der Waals surface area contributed by atoms with Gasteiger partial charge in [0.05, 0.1) is 19.9 Å². The van der Waals surface area contributed by atoms with Gasteiger partial charge in [0.1, 0.15) is 10.6 Å². The van der Waals surface area contributed by atoms with E-state index in [9.17, 15) is 9.59 Å². The minimum atomic E-state index is -0.130. The van der Waals surface area contributed by atoms with Gasteiger partial charge in [0.2, 0.25) is 5.91 Å². The van der Waals surface area contributed by atoms with E-state index >= 15 is 0 Å². The summed E-state index contributed by atoms with van der Waals surface area (Å²) in [5, 5.41) is 4.81. The van der Waals surface area contributed by atoms with E-state index in [-0.39, 0.29) is 17.9 Å². The molecule has 0 atom stereocenters. The number of anilines is 2. The third-order valence-corrected chi connectivity index (χ3v) is 8.73. The van der Waals surface area contributed by atoms with E-state index in [1.807, 2.05) is 47.4 Å². The molecule has 3 aromatic rings. The number of nitrogens with one attached hydrogen (secondary N) is 1. The van der Waals surface area contributed by atoms with Gasteiger partial charge in [-0.25, -0.2) is 4.98 Å². The van der Waals surface area contributed by atoms with Gasteiger partial charge in [-0.2, -0.15) is 0 Å². The van der Waals surface area contributed by atoms with Gasteiger partial charge in [0, 0.05) is 42.5 Å². The van der Waals surface area contributed by atoms with Crippen molar-refractivity contribution in [3.8, 4) is 5.75 Å². The lowest BCUT2D eigenvalue weighted by molar-refractivity contribution is -0.126. The van der Waals surface area contributed by atoms with E-state index in [0.29, 0.717) is 34.7 Å². The number of likely N-dealkylation sites (tertiary alicyclic amines) is 2. The summed E-state index contributed by atoms with van der Waals surface area (Å²) in [7, 11) is 1.63. The van der Waals surface area contributed by atoms with Gasteiger partial charge in [-0.05, 0) is 80.7 Å². The van der Waals surface area contributed by atoms with Crippen molar-refractivity contribution in [2.45, 2.75) is 38.3 Å². The maximum Gasteiger partial charge on any atom is 0.270 e. The molecule has 0 saturated carbocycles. The standard InChI is InChI=1S/C31H36ClN5O3S/c1-40-27-12-6-23(7-13-27)22-37(26-10-8-24(32)9-11-26)30(39)28-21-33-31(41-28)34-25-14-19-36(20-15-25)29(38)5-4-18-35-16-2-3-17-35/h4-13,21,25H,2-3,14-20,22H2,1H3,(H,33,34). The maximum atomic E-state index is 13.7. The topological polar surface area (TPSA) is 78.0 Å². The number of thiazole rings is 1. The average Bonchev–Trinajstić information content (AvgIpc) is 3.69. The molecule has 2 aliphatic rings. The highest BCUT2D eigenvalue weighted by atomic mass is 35.5. The van der Waals surface area contributed by atoms with Gasteiger partial charge in [0.15, 0.2) is 5.13 Å². The van der Waals surface area contributed by atoms with Crippen molar-refractivity contribution in [2.24, 2.45) is 0 Å². The Kier molecular flexibility index (Phi) is 9.92. The Bertz CT molecular complexity index is 1330. The molecule has 5 rings (SSSR count). The van der Waals surface area contributed by atoms with E-state index in [2.05, 4.69) is 15.2 Å². The first-order valence-corrected chi connectivity index (χ1v) is 15.3. The molecule has 8 nitrogen and oxygen atoms in total. The van der Waals surface area contributed by atoms with Crippen LogP contribution >= 0.6 is 22.9 Å². The van der Waals surface area contributed by atoms with Crippen molar-refractivity contribution in [1.82, 2.24) is 14.8 Å². The molecule has 0 spiro atoms.